The van der Waals surface area contributed by atoms with Crippen molar-refractivity contribution in [3.63, 3.8) is 0 Å². The molecular formula is C9H17N5O2S. The number of piperazine rings is 1. The topological polar surface area (TPSA) is 95.3 Å². The lowest BCUT2D eigenvalue weighted by Crippen LogP contribution is -2.51. The standard InChI is InChI=1S/C9H17N5O2S/c1-7-6-14(4-3-13(7)2)17(15,16)8-5-11-12-9(8)10/h5,7H,3-4,6H2,1-2H3,(H3,10,11,12). The van der Waals surface area contributed by atoms with Crippen molar-refractivity contribution < 1.29 is 8.42 Å². The summed E-state index contributed by atoms with van der Waals surface area (Å²) >= 11 is 0. The first kappa shape index (κ1) is 12.3. The zero-order valence-corrected chi connectivity index (χ0v) is 10.7. The number of hydrogen-bond acceptors (Lipinski definition) is 5. The molecule has 0 amide bonds. The molecule has 8 heteroatoms. The van der Waals surface area contributed by atoms with E-state index in [1.54, 1.807) is 0 Å². The summed E-state index contributed by atoms with van der Waals surface area (Å²) in [6, 6.07) is 0.201. The molecule has 3 N–H and O–H groups in total. The third-order valence-electron chi connectivity index (χ3n) is 3.17. The molecule has 1 aliphatic rings. The minimum atomic E-state index is -3.52. The number of H-pyrrole nitrogens is 1. The van der Waals surface area contributed by atoms with Crippen LogP contribution in [-0.2, 0) is 10.0 Å². The van der Waals surface area contributed by atoms with Crippen LogP contribution in [-0.4, -0.2) is 60.5 Å². The summed E-state index contributed by atoms with van der Waals surface area (Å²) in [5.41, 5.74) is 5.56. The van der Waals surface area contributed by atoms with E-state index in [0.29, 0.717) is 13.1 Å². The number of rotatable bonds is 2. The molecule has 0 spiro atoms. The summed E-state index contributed by atoms with van der Waals surface area (Å²) in [5, 5.41) is 6.10. The Bertz CT molecular complexity index is 497. The van der Waals surface area contributed by atoms with Gasteiger partial charge < -0.3 is 10.6 Å². The fourth-order valence-electron chi connectivity index (χ4n) is 1.86. The minimum Gasteiger partial charge on any atom is -0.383 e. The molecule has 1 saturated heterocycles. The SMILES string of the molecule is CC1CN(S(=O)(=O)c2cn[nH]c2N)CCN1C. The average molecular weight is 259 g/mol. The maximum Gasteiger partial charge on any atom is 0.248 e. The molecule has 1 aromatic rings. The lowest BCUT2D eigenvalue weighted by Gasteiger charge is -2.36. The van der Waals surface area contributed by atoms with Crippen molar-refractivity contribution in [2.45, 2.75) is 17.9 Å². The van der Waals surface area contributed by atoms with Gasteiger partial charge in [-0.25, -0.2) is 8.42 Å². The number of nitrogens with zero attached hydrogens (tertiary/aromatic N) is 3. The van der Waals surface area contributed by atoms with Crippen molar-refractivity contribution in [2.75, 3.05) is 32.4 Å². The van der Waals surface area contributed by atoms with Gasteiger partial charge in [0.15, 0.2) is 0 Å². The number of sulfonamides is 1. The maximum absolute atomic E-state index is 12.3. The van der Waals surface area contributed by atoms with Crippen LogP contribution in [0.15, 0.2) is 11.1 Å². The van der Waals surface area contributed by atoms with Gasteiger partial charge in [-0.3, -0.25) is 5.10 Å². The second-order valence-corrected chi connectivity index (χ2v) is 6.25. The molecule has 0 aliphatic carbocycles. The van der Waals surface area contributed by atoms with Gasteiger partial charge in [0.2, 0.25) is 10.0 Å². The van der Waals surface area contributed by atoms with Crippen molar-refractivity contribution in [1.29, 1.82) is 0 Å². The maximum atomic E-state index is 12.3. The van der Waals surface area contributed by atoms with E-state index in [1.165, 1.54) is 10.5 Å². The summed E-state index contributed by atoms with van der Waals surface area (Å²) in [6.07, 6.45) is 1.26. The lowest BCUT2D eigenvalue weighted by molar-refractivity contribution is 0.159. The van der Waals surface area contributed by atoms with Crippen molar-refractivity contribution in [2.24, 2.45) is 0 Å². The average Bonchev–Trinajstić information content (AvgIpc) is 2.69. The van der Waals surface area contributed by atoms with E-state index in [2.05, 4.69) is 15.1 Å². The minimum absolute atomic E-state index is 0.0641. The normalized spacial score (nSPS) is 24.0. The van der Waals surface area contributed by atoms with Crippen LogP contribution in [0, 0.1) is 0 Å². The van der Waals surface area contributed by atoms with Crippen molar-refractivity contribution >= 4 is 15.8 Å². The fourth-order valence-corrected chi connectivity index (χ4v) is 3.38. The molecule has 96 valence electrons. The molecule has 1 fully saturated rings. The Balaban J connectivity index is 2.26. The smallest absolute Gasteiger partial charge is 0.248 e. The Morgan fingerprint density at radius 3 is 2.76 bits per heavy atom. The van der Waals surface area contributed by atoms with Gasteiger partial charge in [-0.15, -0.1) is 0 Å². The van der Waals surface area contributed by atoms with Crippen LogP contribution in [0.5, 0.6) is 0 Å². The van der Waals surface area contributed by atoms with Gasteiger partial charge >= 0.3 is 0 Å². The fraction of sp³-hybridized carbons (Fsp3) is 0.667. The van der Waals surface area contributed by atoms with E-state index in [4.69, 9.17) is 5.73 Å². The third-order valence-corrected chi connectivity index (χ3v) is 5.07. The molecule has 0 bridgehead atoms. The van der Waals surface area contributed by atoms with E-state index in [1.807, 2.05) is 14.0 Å². The summed E-state index contributed by atoms with van der Waals surface area (Å²) in [5.74, 6) is 0.0941. The molecule has 1 atom stereocenters. The van der Waals surface area contributed by atoms with E-state index in [9.17, 15) is 8.42 Å². The Labute approximate surface area is 101 Å². The molecular weight excluding hydrogens is 242 g/mol. The van der Waals surface area contributed by atoms with E-state index < -0.39 is 10.0 Å². The van der Waals surface area contributed by atoms with Gasteiger partial charge in [-0.05, 0) is 14.0 Å². The highest BCUT2D eigenvalue weighted by molar-refractivity contribution is 7.89. The Morgan fingerprint density at radius 2 is 2.24 bits per heavy atom. The highest BCUT2D eigenvalue weighted by Gasteiger charge is 2.32. The summed E-state index contributed by atoms with van der Waals surface area (Å²) < 4.78 is 26.0. The number of nitrogens with one attached hydrogen (secondary N) is 1. The van der Waals surface area contributed by atoms with Crippen molar-refractivity contribution in [3.8, 4) is 0 Å². The zero-order valence-electron chi connectivity index (χ0n) is 9.92. The van der Waals surface area contributed by atoms with Crippen LogP contribution >= 0.6 is 0 Å². The molecule has 1 aromatic heterocycles. The van der Waals surface area contributed by atoms with Crippen LogP contribution in [0.4, 0.5) is 5.82 Å². The van der Waals surface area contributed by atoms with Gasteiger partial charge in [-0.1, -0.05) is 0 Å². The summed E-state index contributed by atoms with van der Waals surface area (Å²) in [6.45, 7) is 3.68. The van der Waals surface area contributed by atoms with Gasteiger partial charge in [0.1, 0.15) is 10.7 Å². The third kappa shape index (κ3) is 2.15. The van der Waals surface area contributed by atoms with Crippen molar-refractivity contribution in [3.05, 3.63) is 6.20 Å². The Kier molecular flexibility index (Phi) is 3.11. The van der Waals surface area contributed by atoms with Gasteiger partial charge in [0.25, 0.3) is 0 Å². The number of nitrogens with two attached hydrogens (primary N) is 1. The monoisotopic (exact) mass is 259 g/mol. The van der Waals surface area contributed by atoms with Crippen LogP contribution in [0.2, 0.25) is 0 Å². The van der Waals surface area contributed by atoms with Crippen molar-refractivity contribution in [1.82, 2.24) is 19.4 Å². The van der Waals surface area contributed by atoms with E-state index in [0.717, 1.165) is 6.54 Å². The predicted octanol–water partition coefficient (Wildman–Crippen LogP) is -0.683. The Hall–Kier alpha value is -1.12. The molecule has 7 nitrogen and oxygen atoms in total. The number of anilines is 1. The lowest BCUT2D eigenvalue weighted by atomic mass is 10.2. The van der Waals surface area contributed by atoms with E-state index in [-0.39, 0.29) is 16.8 Å². The van der Waals surface area contributed by atoms with Gasteiger partial charge in [-0.2, -0.15) is 9.40 Å². The predicted molar refractivity (Wildman–Crippen MR) is 63.9 cm³/mol. The molecule has 1 unspecified atom stereocenters. The largest absolute Gasteiger partial charge is 0.383 e. The first-order valence-electron chi connectivity index (χ1n) is 5.42. The highest BCUT2D eigenvalue weighted by atomic mass is 32.2. The van der Waals surface area contributed by atoms with E-state index >= 15 is 0 Å². The molecule has 17 heavy (non-hydrogen) atoms. The molecule has 2 rings (SSSR count). The highest BCUT2D eigenvalue weighted by Crippen LogP contribution is 2.22. The van der Waals surface area contributed by atoms with Gasteiger partial charge in [0.05, 0.1) is 6.20 Å². The molecule has 0 radical (unpaired) electrons. The molecule has 2 heterocycles. The number of aromatic amines is 1. The van der Waals surface area contributed by atoms with Crippen LogP contribution in [0.3, 0.4) is 0 Å². The van der Waals surface area contributed by atoms with Crippen LogP contribution < -0.4 is 5.73 Å². The molecule has 0 aromatic carbocycles. The number of aromatic nitrogens is 2. The second kappa shape index (κ2) is 4.28. The summed E-state index contributed by atoms with van der Waals surface area (Å²) in [7, 11) is -1.53. The first-order chi connectivity index (χ1) is 7.93. The Morgan fingerprint density at radius 1 is 1.53 bits per heavy atom. The number of hydrogen-bond donors (Lipinski definition) is 2. The quantitative estimate of drug-likeness (QED) is 0.733. The van der Waals surface area contributed by atoms with Gasteiger partial charge in [0, 0.05) is 25.7 Å². The summed E-state index contributed by atoms with van der Waals surface area (Å²) in [4.78, 5) is 2.19. The van der Waals surface area contributed by atoms with Crippen LogP contribution in [0.25, 0.3) is 0 Å². The second-order valence-electron chi connectivity index (χ2n) is 4.34. The molecule has 0 saturated carbocycles. The first-order valence-corrected chi connectivity index (χ1v) is 6.86. The number of likely N-dealkylation sites (N-methyl/N-ethyl adjacent to an activating group) is 1. The number of nitrogen functional groups attached to an aromatic ring is 1. The van der Waals surface area contributed by atoms with Crippen LogP contribution in [0.1, 0.15) is 6.92 Å². The zero-order chi connectivity index (χ0) is 12.6. The molecule has 1 aliphatic heterocycles.